The molecule has 0 bridgehead atoms. The standard InChI is InChI=1S/C15H20F2N2O2/c1-9(11-3-4-12(16)13(17)7-11)8-18-15(20)19-14-5-6-21-10(14)2/h3-4,7,9-10,14H,5-6,8H2,1-2H3,(H2,18,19,20). The van der Waals surface area contributed by atoms with Crippen molar-refractivity contribution in [2.24, 2.45) is 0 Å². The number of hydrogen-bond donors (Lipinski definition) is 2. The molecule has 1 aromatic rings. The number of halogens is 2. The zero-order valence-electron chi connectivity index (χ0n) is 12.2. The summed E-state index contributed by atoms with van der Waals surface area (Å²) < 4.78 is 31.4. The van der Waals surface area contributed by atoms with Crippen molar-refractivity contribution in [1.29, 1.82) is 0 Å². The van der Waals surface area contributed by atoms with E-state index in [0.29, 0.717) is 18.7 Å². The lowest BCUT2D eigenvalue weighted by atomic mass is 10.0. The molecule has 1 heterocycles. The van der Waals surface area contributed by atoms with Crippen molar-refractivity contribution in [3.63, 3.8) is 0 Å². The van der Waals surface area contributed by atoms with Crippen molar-refractivity contribution in [3.05, 3.63) is 35.4 Å². The van der Waals surface area contributed by atoms with Crippen LogP contribution in [-0.4, -0.2) is 31.3 Å². The van der Waals surface area contributed by atoms with Crippen molar-refractivity contribution in [2.75, 3.05) is 13.2 Å². The van der Waals surface area contributed by atoms with E-state index in [9.17, 15) is 13.6 Å². The van der Waals surface area contributed by atoms with Crippen LogP contribution in [0, 0.1) is 11.6 Å². The van der Waals surface area contributed by atoms with Crippen molar-refractivity contribution >= 4 is 6.03 Å². The van der Waals surface area contributed by atoms with Crippen molar-refractivity contribution in [1.82, 2.24) is 10.6 Å². The number of rotatable bonds is 4. The van der Waals surface area contributed by atoms with E-state index in [0.717, 1.165) is 18.6 Å². The van der Waals surface area contributed by atoms with Crippen LogP contribution in [0.5, 0.6) is 0 Å². The van der Waals surface area contributed by atoms with E-state index in [1.54, 1.807) is 0 Å². The SMILES string of the molecule is CC(CNC(=O)NC1CCOC1C)c1ccc(F)c(F)c1. The van der Waals surface area contributed by atoms with Gasteiger partial charge >= 0.3 is 6.03 Å². The average molecular weight is 298 g/mol. The van der Waals surface area contributed by atoms with E-state index in [-0.39, 0.29) is 24.1 Å². The zero-order valence-corrected chi connectivity index (χ0v) is 12.2. The molecule has 2 rings (SSSR count). The monoisotopic (exact) mass is 298 g/mol. The summed E-state index contributed by atoms with van der Waals surface area (Å²) in [6.45, 7) is 4.76. The van der Waals surface area contributed by atoms with Gasteiger partial charge < -0.3 is 15.4 Å². The molecule has 1 aliphatic rings. The number of hydrogen-bond acceptors (Lipinski definition) is 2. The molecule has 6 heteroatoms. The molecule has 1 fully saturated rings. The Morgan fingerprint density at radius 2 is 2.19 bits per heavy atom. The number of carbonyl (C=O) groups excluding carboxylic acids is 1. The van der Waals surface area contributed by atoms with Crippen LogP contribution in [0.25, 0.3) is 0 Å². The molecule has 0 saturated carbocycles. The molecule has 116 valence electrons. The molecular weight excluding hydrogens is 278 g/mol. The molecular formula is C15H20F2N2O2. The first kappa shape index (κ1) is 15.7. The molecule has 0 radical (unpaired) electrons. The van der Waals surface area contributed by atoms with Gasteiger partial charge in [0, 0.05) is 13.2 Å². The number of amides is 2. The molecule has 21 heavy (non-hydrogen) atoms. The van der Waals surface area contributed by atoms with E-state index in [1.165, 1.54) is 6.07 Å². The van der Waals surface area contributed by atoms with Crippen molar-refractivity contribution in [3.8, 4) is 0 Å². The second kappa shape index (κ2) is 6.85. The second-order valence-electron chi connectivity index (χ2n) is 5.40. The normalized spacial score (nSPS) is 22.9. The van der Waals surface area contributed by atoms with Crippen LogP contribution >= 0.6 is 0 Å². The minimum absolute atomic E-state index is 0.0133. The van der Waals surface area contributed by atoms with Crippen molar-refractivity contribution < 1.29 is 18.3 Å². The Labute approximate surface area is 122 Å². The Bertz CT molecular complexity index is 510. The molecule has 2 amide bonds. The van der Waals surface area contributed by atoms with Gasteiger partial charge in [0.1, 0.15) is 0 Å². The fraction of sp³-hybridized carbons (Fsp3) is 0.533. The van der Waals surface area contributed by atoms with Gasteiger partial charge in [-0.05, 0) is 37.0 Å². The van der Waals surface area contributed by atoms with Crippen LogP contribution in [0.3, 0.4) is 0 Å². The van der Waals surface area contributed by atoms with Gasteiger partial charge in [0.25, 0.3) is 0 Å². The Balaban J connectivity index is 1.81. The Kier molecular flexibility index (Phi) is 5.12. The average Bonchev–Trinajstić information content (AvgIpc) is 2.84. The summed E-state index contributed by atoms with van der Waals surface area (Å²) in [5, 5.41) is 5.59. The lowest BCUT2D eigenvalue weighted by Crippen LogP contribution is -2.45. The Morgan fingerprint density at radius 3 is 2.81 bits per heavy atom. The highest BCUT2D eigenvalue weighted by atomic mass is 19.2. The Morgan fingerprint density at radius 1 is 1.43 bits per heavy atom. The highest BCUT2D eigenvalue weighted by molar-refractivity contribution is 5.74. The molecule has 1 aromatic carbocycles. The topological polar surface area (TPSA) is 50.4 Å². The molecule has 3 unspecified atom stereocenters. The third-order valence-electron chi connectivity index (χ3n) is 3.77. The van der Waals surface area contributed by atoms with Crippen LogP contribution in [-0.2, 0) is 4.74 Å². The maximum atomic E-state index is 13.2. The molecule has 0 aliphatic carbocycles. The van der Waals surface area contributed by atoms with Crippen LogP contribution < -0.4 is 10.6 Å². The van der Waals surface area contributed by atoms with Crippen molar-refractivity contribution in [2.45, 2.75) is 38.3 Å². The molecule has 0 aromatic heterocycles. The number of ether oxygens (including phenoxy) is 1. The molecule has 1 saturated heterocycles. The van der Waals surface area contributed by atoms with Crippen LogP contribution in [0.1, 0.15) is 31.7 Å². The number of carbonyl (C=O) groups is 1. The molecule has 4 nitrogen and oxygen atoms in total. The first-order valence-electron chi connectivity index (χ1n) is 7.08. The molecule has 2 N–H and O–H groups in total. The van der Waals surface area contributed by atoms with E-state index in [4.69, 9.17) is 4.74 Å². The van der Waals surface area contributed by atoms with E-state index >= 15 is 0 Å². The lowest BCUT2D eigenvalue weighted by molar-refractivity contribution is 0.114. The minimum atomic E-state index is -0.874. The maximum absolute atomic E-state index is 13.2. The molecule has 3 atom stereocenters. The number of nitrogens with one attached hydrogen (secondary N) is 2. The highest BCUT2D eigenvalue weighted by Gasteiger charge is 2.25. The van der Waals surface area contributed by atoms with Gasteiger partial charge in [0.2, 0.25) is 0 Å². The van der Waals surface area contributed by atoms with Crippen LogP contribution in [0.2, 0.25) is 0 Å². The maximum Gasteiger partial charge on any atom is 0.315 e. The quantitative estimate of drug-likeness (QED) is 0.897. The lowest BCUT2D eigenvalue weighted by Gasteiger charge is -2.18. The largest absolute Gasteiger partial charge is 0.376 e. The first-order valence-corrected chi connectivity index (χ1v) is 7.08. The van der Waals surface area contributed by atoms with E-state index < -0.39 is 11.6 Å². The summed E-state index contributed by atoms with van der Waals surface area (Å²) in [6.07, 6.45) is 0.812. The minimum Gasteiger partial charge on any atom is -0.376 e. The fourth-order valence-corrected chi connectivity index (χ4v) is 2.32. The van der Waals surface area contributed by atoms with E-state index in [2.05, 4.69) is 10.6 Å². The van der Waals surface area contributed by atoms with Gasteiger partial charge in [-0.25, -0.2) is 13.6 Å². The van der Waals surface area contributed by atoms with Gasteiger partial charge in [-0.2, -0.15) is 0 Å². The van der Waals surface area contributed by atoms with Gasteiger partial charge in [-0.15, -0.1) is 0 Å². The zero-order chi connectivity index (χ0) is 15.4. The van der Waals surface area contributed by atoms with E-state index in [1.807, 2.05) is 13.8 Å². The summed E-state index contributed by atoms with van der Waals surface area (Å²) >= 11 is 0. The summed E-state index contributed by atoms with van der Waals surface area (Å²) in [4.78, 5) is 11.8. The third-order valence-corrected chi connectivity index (χ3v) is 3.77. The van der Waals surface area contributed by atoms with Gasteiger partial charge in [0.05, 0.1) is 12.1 Å². The second-order valence-corrected chi connectivity index (χ2v) is 5.40. The first-order chi connectivity index (χ1) is 9.97. The third kappa shape index (κ3) is 4.14. The summed E-state index contributed by atoms with van der Waals surface area (Å²) in [5.74, 6) is -1.85. The number of urea groups is 1. The van der Waals surface area contributed by atoms with Gasteiger partial charge in [-0.3, -0.25) is 0 Å². The van der Waals surface area contributed by atoms with Crippen LogP contribution in [0.15, 0.2) is 18.2 Å². The van der Waals surface area contributed by atoms with Gasteiger partial charge in [0.15, 0.2) is 11.6 Å². The van der Waals surface area contributed by atoms with Crippen LogP contribution in [0.4, 0.5) is 13.6 Å². The smallest absolute Gasteiger partial charge is 0.315 e. The van der Waals surface area contributed by atoms with Gasteiger partial charge in [-0.1, -0.05) is 13.0 Å². The predicted octanol–water partition coefficient (Wildman–Crippen LogP) is 2.54. The summed E-state index contributed by atoms with van der Waals surface area (Å²) in [7, 11) is 0. The fourth-order valence-electron chi connectivity index (χ4n) is 2.32. The number of benzene rings is 1. The summed E-state index contributed by atoms with van der Waals surface area (Å²) in [6, 6.07) is 3.52. The summed E-state index contributed by atoms with van der Waals surface area (Å²) in [5.41, 5.74) is 0.645. The molecule has 1 aliphatic heterocycles. The predicted molar refractivity (Wildman–Crippen MR) is 75.1 cm³/mol. The highest BCUT2D eigenvalue weighted by Crippen LogP contribution is 2.17. The molecule has 0 spiro atoms. The Hall–Kier alpha value is -1.69.